The van der Waals surface area contributed by atoms with Crippen LogP contribution in [0.15, 0.2) is 18.3 Å². The fourth-order valence-corrected chi connectivity index (χ4v) is 3.11. The molecule has 16 heavy (non-hydrogen) atoms. The number of ketones is 1. The van der Waals surface area contributed by atoms with Crippen molar-refractivity contribution in [3.63, 3.8) is 0 Å². The van der Waals surface area contributed by atoms with Crippen molar-refractivity contribution in [2.24, 2.45) is 17.8 Å². The Morgan fingerprint density at radius 3 is 2.88 bits per heavy atom. The van der Waals surface area contributed by atoms with E-state index in [1.807, 2.05) is 0 Å². The van der Waals surface area contributed by atoms with E-state index in [1.165, 1.54) is 19.3 Å². The first kappa shape index (κ1) is 9.82. The summed E-state index contributed by atoms with van der Waals surface area (Å²) < 4.78 is 5.18. The van der Waals surface area contributed by atoms with Crippen LogP contribution in [0.2, 0.25) is 0 Å². The fourth-order valence-electron chi connectivity index (χ4n) is 3.11. The average Bonchev–Trinajstić information content (AvgIpc) is 2.81. The molecule has 2 unspecified atom stereocenters. The molecule has 0 aliphatic heterocycles. The number of pyridine rings is 1. The zero-order valence-corrected chi connectivity index (χ0v) is 9.35. The van der Waals surface area contributed by atoms with Gasteiger partial charge in [0.2, 0.25) is 0 Å². The highest BCUT2D eigenvalue weighted by molar-refractivity contribution is 6.00. The van der Waals surface area contributed by atoms with Crippen molar-refractivity contribution < 1.29 is 9.53 Å². The lowest BCUT2D eigenvalue weighted by Gasteiger charge is -2.06. The molecule has 0 N–H and O–H groups in total. The predicted octanol–water partition coefficient (Wildman–Crippen LogP) is 2.32. The molecule has 0 aromatic carbocycles. The minimum absolute atomic E-state index is 0.187. The van der Waals surface area contributed by atoms with Crippen LogP contribution in [0.1, 0.15) is 29.8 Å². The number of hydrogen-bond donors (Lipinski definition) is 0. The van der Waals surface area contributed by atoms with E-state index in [2.05, 4.69) is 4.98 Å². The van der Waals surface area contributed by atoms with Gasteiger partial charge in [0.15, 0.2) is 5.78 Å². The number of aromatic nitrogens is 1. The summed E-state index contributed by atoms with van der Waals surface area (Å²) in [7, 11) is 1.58. The number of nitrogens with zero attached hydrogens (tertiary/aromatic N) is 1. The Labute approximate surface area is 94.8 Å². The van der Waals surface area contributed by atoms with Gasteiger partial charge in [-0.05, 0) is 36.8 Å². The Bertz CT molecular complexity index is 420. The third-order valence-corrected chi connectivity index (χ3v) is 3.93. The first-order valence-corrected chi connectivity index (χ1v) is 5.86. The smallest absolute Gasteiger partial charge is 0.188 e. The molecule has 1 aromatic rings. The van der Waals surface area contributed by atoms with Gasteiger partial charge in [-0.1, -0.05) is 6.42 Å². The molecule has 0 radical (unpaired) electrons. The highest BCUT2D eigenvalue weighted by atomic mass is 16.5. The Balaban J connectivity index is 1.84. The third kappa shape index (κ3) is 1.34. The van der Waals surface area contributed by atoms with Crippen LogP contribution in [0.3, 0.4) is 0 Å². The monoisotopic (exact) mass is 217 g/mol. The molecule has 0 saturated heterocycles. The van der Waals surface area contributed by atoms with Gasteiger partial charge < -0.3 is 4.74 Å². The number of hydrogen-bond acceptors (Lipinski definition) is 3. The summed E-state index contributed by atoms with van der Waals surface area (Å²) in [6, 6.07) is 3.60. The second kappa shape index (κ2) is 3.58. The molecule has 2 atom stereocenters. The molecule has 0 bridgehead atoms. The molecular weight excluding hydrogens is 202 g/mol. The number of methoxy groups -OCH3 is 1. The van der Waals surface area contributed by atoms with Crippen molar-refractivity contribution in [2.45, 2.75) is 19.3 Å². The zero-order chi connectivity index (χ0) is 11.1. The molecule has 1 aromatic heterocycles. The molecule has 2 aliphatic rings. The van der Waals surface area contributed by atoms with Gasteiger partial charge in [0.05, 0.1) is 7.11 Å². The van der Waals surface area contributed by atoms with Crippen molar-refractivity contribution in [3.05, 3.63) is 24.0 Å². The van der Waals surface area contributed by atoms with Crippen LogP contribution >= 0.6 is 0 Å². The number of carbonyl (C=O) groups excluding carboxylic acids is 1. The van der Waals surface area contributed by atoms with Gasteiger partial charge in [-0.25, -0.2) is 4.98 Å². The summed E-state index contributed by atoms with van der Waals surface area (Å²) in [4.78, 5) is 16.4. The van der Waals surface area contributed by atoms with E-state index in [4.69, 9.17) is 4.74 Å². The largest absolute Gasteiger partial charge is 0.494 e. The lowest BCUT2D eigenvalue weighted by atomic mass is 10.0. The SMILES string of the molecule is COc1cccnc1C(=O)C1C2CCCC21. The molecule has 0 amide bonds. The lowest BCUT2D eigenvalue weighted by Crippen LogP contribution is -2.10. The molecule has 1 heterocycles. The Morgan fingerprint density at radius 1 is 1.44 bits per heavy atom. The van der Waals surface area contributed by atoms with Crippen LogP contribution in [0.25, 0.3) is 0 Å². The van der Waals surface area contributed by atoms with Crippen molar-refractivity contribution >= 4 is 5.78 Å². The second-order valence-electron chi connectivity index (χ2n) is 4.70. The first-order chi connectivity index (χ1) is 7.83. The van der Waals surface area contributed by atoms with E-state index >= 15 is 0 Å². The van der Waals surface area contributed by atoms with Crippen molar-refractivity contribution in [2.75, 3.05) is 7.11 Å². The fraction of sp³-hybridized carbons (Fsp3) is 0.538. The summed E-state index contributed by atoms with van der Waals surface area (Å²) in [6.07, 6.45) is 5.39. The minimum atomic E-state index is 0.187. The van der Waals surface area contributed by atoms with Crippen molar-refractivity contribution in [1.29, 1.82) is 0 Å². The molecular formula is C13H15NO2. The quantitative estimate of drug-likeness (QED) is 0.729. The first-order valence-electron chi connectivity index (χ1n) is 5.86. The number of rotatable bonds is 3. The molecule has 84 valence electrons. The Hall–Kier alpha value is -1.38. The zero-order valence-electron chi connectivity index (χ0n) is 9.35. The maximum atomic E-state index is 12.3. The van der Waals surface area contributed by atoms with Gasteiger partial charge in [0.25, 0.3) is 0 Å². The summed E-state index contributed by atoms with van der Waals surface area (Å²) in [6.45, 7) is 0. The van der Waals surface area contributed by atoms with Crippen LogP contribution in [0.5, 0.6) is 5.75 Å². The average molecular weight is 217 g/mol. The highest BCUT2D eigenvalue weighted by Crippen LogP contribution is 2.58. The molecule has 3 heteroatoms. The lowest BCUT2D eigenvalue weighted by molar-refractivity contribution is 0.0943. The maximum Gasteiger partial charge on any atom is 0.188 e. The molecule has 3 nitrogen and oxygen atoms in total. The number of ether oxygens (including phenoxy) is 1. The normalized spacial score (nSPS) is 30.9. The van der Waals surface area contributed by atoms with E-state index < -0.39 is 0 Å². The number of Topliss-reactive ketones (excluding diaryl/α,β-unsaturated/α-hetero) is 1. The van der Waals surface area contributed by atoms with Gasteiger partial charge in [-0.2, -0.15) is 0 Å². The van der Waals surface area contributed by atoms with Crippen LogP contribution in [0.4, 0.5) is 0 Å². The minimum Gasteiger partial charge on any atom is -0.494 e. The third-order valence-electron chi connectivity index (χ3n) is 3.93. The maximum absolute atomic E-state index is 12.3. The van der Waals surface area contributed by atoms with E-state index in [9.17, 15) is 4.79 Å². The number of fused-ring (bicyclic) bond motifs is 1. The second-order valence-corrected chi connectivity index (χ2v) is 4.70. The predicted molar refractivity (Wildman–Crippen MR) is 59.4 cm³/mol. The van der Waals surface area contributed by atoms with E-state index in [0.29, 0.717) is 23.3 Å². The highest BCUT2D eigenvalue weighted by Gasteiger charge is 2.56. The van der Waals surface area contributed by atoms with Crippen LogP contribution < -0.4 is 4.74 Å². The van der Waals surface area contributed by atoms with Crippen LogP contribution in [-0.2, 0) is 0 Å². The molecule has 3 rings (SSSR count). The van der Waals surface area contributed by atoms with Crippen molar-refractivity contribution in [1.82, 2.24) is 4.98 Å². The van der Waals surface area contributed by atoms with E-state index in [1.54, 1.807) is 25.4 Å². The Kier molecular flexibility index (Phi) is 2.20. The summed E-state index contributed by atoms with van der Waals surface area (Å²) in [5, 5.41) is 0. The van der Waals surface area contributed by atoms with Gasteiger partial charge in [0.1, 0.15) is 11.4 Å². The van der Waals surface area contributed by atoms with Gasteiger partial charge >= 0.3 is 0 Å². The van der Waals surface area contributed by atoms with E-state index in [-0.39, 0.29) is 11.7 Å². The molecule has 2 aliphatic carbocycles. The van der Waals surface area contributed by atoms with Crippen LogP contribution in [0, 0.1) is 17.8 Å². The Morgan fingerprint density at radius 2 is 2.19 bits per heavy atom. The van der Waals surface area contributed by atoms with E-state index in [0.717, 1.165) is 0 Å². The van der Waals surface area contributed by atoms with Crippen LogP contribution in [-0.4, -0.2) is 17.9 Å². The molecule has 0 spiro atoms. The molecule has 2 fully saturated rings. The summed E-state index contributed by atoms with van der Waals surface area (Å²) >= 11 is 0. The number of carbonyl (C=O) groups is 1. The topological polar surface area (TPSA) is 39.2 Å². The van der Waals surface area contributed by atoms with Crippen molar-refractivity contribution in [3.8, 4) is 5.75 Å². The van der Waals surface area contributed by atoms with Gasteiger partial charge in [0, 0.05) is 12.1 Å². The van der Waals surface area contributed by atoms with Gasteiger partial charge in [-0.3, -0.25) is 4.79 Å². The van der Waals surface area contributed by atoms with Gasteiger partial charge in [-0.15, -0.1) is 0 Å². The molecule has 2 saturated carbocycles. The standard InChI is InChI=1S/C13H15NO2/c1-16-10-6-3-7-14-12(10)13(15)11-8-4-2-5-9(8)11/h3,6-9,11H,2,4-5H2,1H3. The summed E-state index contributed by atoms with van der Waals surface area (Å²) in [5.41, 5.74) is 0.518. The summed E-state index contributed by atoms with van der Waals surface area (Å²) in [5.74, 6) is 2.31.